The molecule has 0 aliphatic carbocycles. The van der Waals surface area contributed by atoms with E-state index in [1.54, 1.807) is 6.08 Å². The van der Waals surface area contributed by atoms with Crippen molar-refractivity contribution in [3.63, 3.8) is 0 Å². The maximum atomic E-state index is 12.6. The van der Waals surface area contributed by atoms with E-state index >= 15 is 0 Å². The number of hydrogen-bond acceptors (Lipinski definition) is 10. The summed E-state index contributed by atoms with van der Waals surface area (Å²) in [6, 6.07) is 0. The second-order valence-electron chi connectivity index (χ2n) is 13.9. The smallest absolute Gasteiger partial charge is 0.462 e. The van der Waals surface area contributed by atoms with Crippen LogP contribution in [0.3, 0.4) is 0 Å². The molecule has 0 spiro atoms. The average molecular weight is 835 g/mol. The quantitative estimate of drug-likeness (QED) is 0.0154. The van der Waals surface area contributed by atoms with Crippen molar-refractivity contribution in [2.45, 2.75) is 154 Å². The number of allylic oxidation sites excluding steroid dienone is 14. The Labute approximate surface area is 349 Å². The Morgan fingerprint density at radius 2 is 1.07 bits per heavy atom. The van der Waals surface area contributed by atoms with Gasteiger partial charge in [0.2, 0.25) is 0 Å². The number of carbonyl (C=O) groups excluding carboxylic acids is 2. The Kier molecular flexibility index (Phi) is 38.4. The summed E-state index contributed by atoms with van der Waals surface area (Å²) in [5.41, 5.74) is 0. The van der Waals surface area contributed by atoms with Crippen LogP contribution < -0.4 is 0 Å². The lowest BCUT2D eigenvalue weighted by atomic mass is 10.2. The number of carbonyl (C=O) groups is 2. The van der Waals surface area contributed by atoms with Crippen molar-refractivity contribution < 1.29 is 52.9 Å². The second kappa shape index (κ2) is 40.6. The van der Waals surface area contributed by atoms with Crippen molar-refractivity contribution in [3.05, 3.63) is 97.2 Å². The molecular formula is C46H75O11P. The standard InChI is InChI=1S/C46H75O11P/c1-3-5-7-9-11-12-13-14-15-16-17-18-19-20-24-28-32-36-45(50)54-40-44(41-56-58(52,53)55-39-43(49)38-47)57-46(51)37-33-29-25-21-23-27-31-35-42(48)34-30-26-22-10-8-6-4-2/h11-12,14-15,17-18,20-22,24-27,30-31,34,42-44,47-49H,3-10,13,16,19,23,28-29,32-33,35-41H2,1-2H3,(H,52,53)/b12-11-,15-14-,18-17-,24-20-,25-21+,26-22-,31-27-,34-30-/t42-,43-,44+/m0/s1. The molecule has 0 bridgehead atoms. The van der Waals surface area contributed by atoms with Gasteiger partial charge in [-0.3, -0.25) is 18.6 Å². The first-order chi connectivity index (χ1) is 28.1. The Bertz CT molecular complexity index is 1300. The summed E-state index contributed by atoms with van der Waals surface area (Å²) in [7, 11) is -4.67. The molecule has 0 radical (unpaired) electrons. The maximum Gasteiger partial charge on any atom is 0.472 e. The summed E-state index contributed by atoms with van der Waals surface area (Å²) < 4.78 is 32.5. The molecule has 11 nitrogen and oxygen atoms in total. The predicted molar refractivity (Wildman–Crippen MR) is 234 cm³/mol. The molecule has 330 valence electrons. The molecular weight excluding hydrogens is 759 g/mol. The van der Waals surface area contributed by atoms with Crippen LogP contribution in [0, 0.1) is 0 Å². The number of phosphoric ester groups is 1. The third-order valence-electron chi connectivity index (χ3n) is 8.29. The zero-order chi connectivity index (χ0) is 42.8. The van der Waals surface area contributed by atoms with Gasteiger partial charge in [-0.1, -0.05) is 137 Å². The topological polar surface area (TPSA) is 169 Å². The average Bonchev–Trinajstić information content (AvgIpc) is 3.21. The molecule has 0 saturated heterocycles. The van der Waals surface area contributed by atoms with Gasteiger partial charge >= 0.3 is 19.8 Å². The van der Waals surface area contributed by atoms with E-state index in [1.807, 2.05) is 48.6 Å². The molecule has 0 saturated carbocycles. The molecule has 0 aliphatic heterocycles. The summed E-state index contributed by atoms with van der Waals surface area (Å²) >= 11 is 0. The van der Waals surface area contributed by atoms with E-state index < -0.39 is 57.9 Å². The van der Waals surface area contributed by atoms with Crippen LogP contribution in [0.4, 0.5) is 0 Å². The van der Waals surface area contributed by atoms with Gasteiger partial charge in [-0.25, -0.2) is 4.57 Å². The van der Waals surface area contributed by atoms with Gasteiger partial charge in [0, 0.05) is 12.8 Å². The van der Waals surface area contributed by atoms with E-state index in [0.29, 0.717) is 38.5 Å². The Morgan fingerprint density at radius 1 is 0.586 bits per heavy atom. The molecule has 0 aromatic heterocycles. The summed E-state index contributed by atoms with van der Waals surface area (Å²) in [6.45, 7) is 2.07. The van der Waals surface area contributed by atoms with Crippen molar-refractivity contribution in [3.8, 4) is 0 Å². The van der Waals surface area contributed by atoms with Crippen LogP contribution in [0.25, 0.3) is 0 Å². The van der Waals surface area contributed by atoms with Crippen molar-refractivity contribution in [1.82, 2.24) is 0 Å². The van der Waals surface area contributed by atoms with Gasteiger partial charge in [0.1, 0.15) is 12.7 Å². The van der Waals surface area contributed by atoms with Gasteiger partial charge in [-0.15, -0.1) is 0 Å². The zero-order valence-electron chi connectivity index (χ0n) is 35.3. The molecule has 0 aromatic carbocycles. The van der Waals surface area contributed by atoms with Gasteiger partial charge in [-0.05, 0) is 83.5 Å². The summed E-state index contributed by atoms with van der Waals surface area (Å²) in [4.78, 5) is 34.9. The molecule has 0 aromatic rings. The lowest BCUT2D eigenvalue weighted by Crippen LogP contribution is -2.29. The lowest BCUT2D eigenvalue weighted by Gasteiger charge is -2.20. The Morgan fingerprint density at radius 3 is 1.62 bits per heavy atom. The van der Waals surface area contributed by atoms with Crippen LogP contribution in [0.1, 0.15) is 136 Å². The van der Waals surface area contributed by atoms with Crippen molar-refractivity contribution >= 4 is 19.8 Å². The van der Waals surface area contributed by atoms with E-state index in [2.05, 4.69) is 60.9 Å². The minimum Gasteiger partial charge on any atom is -0.462 e. The monoisotopic (exact) mass is 835 g/mol. The normalized spacial score (nSPS) is 15.3. The highest BCUT2D eigenvalue weighted by molar-refractivity contribution is 7.47. The lowest BCUT2D eigenvalue weighted by molar-refractivity contribution is -0.161. The van der Waals surface area contributed by atoms with Crippen LogP contribution in [0.15, 0.2) is 97.2 Å². The molecule has 1 unspecified atom stereocenters. The number of hydrogen-bond donors (Lipinski definition) is 4. The molecule has 0 rings (SSSR count). The summed E-state index contributed by atoms with van der Waals surface area (Å²) in [5, 5.41) is 28.4. The number of unbranched alkanes of at least 4 members (excludes halogenated alkanes) is 8. The molecule has 4 atom stereocenters. The highest BCUT2D eigenvalue weighted by atomic mass is 31.2. The van der Waals surface area contributed by atoms with Gasteiger partial charge < -0.3 is 29.7 Å². The number of ether oxygens (including phenoxy) is 2. The minimum atomic E-state index is -4.67. The summed E-state index contributed by atoms with van der Waals surface area (Å²) in [5.74, 6) is -1.11. The van der Waals surface area contributed by atoms with E-state index in [0.717, 1.165) is 32.1 Å². The van der Waals surface area contributed by atoms with Crippen LogP contribution in [0.5, 0.6) is 0 Å². The molecule has 58 heavy (non-hydrogen) atoms. The molecule has 0 amide bonds. The van der Waals surface area contributed by atoms with Crippen LogP contribution in [0.2, 0.25) is 0 Å². The molecule has 12 heteroatoms. The molecule has 0 heterocycles. The third-order valence-corrected chi connectivity index (χ3v) is 9.24. The fourth-order valence-electron chi connectivity index (χ4n) is 4.94. The Balaban J connectivity index is 4.58. The maximum absolute atomic E-state index is 12.6. The number of phosphoric acid groups is 1. The second-order valence-corrected chi connectivity index (χ2v) is 15.3. The highest BCUT2D eigenvalue weighted by Gasteiger charge is 2.27. The van der Waals surface area contributed by atoms with Gasteiger partial charge in [-0.2, -0.15) is 0 Å². The van der Waals surface area contributed by atoms with Gasteiger partial charge in [0.05, 0.1) is 25.9 Å². The van der Waals surface area contributed by atoms with E-state index in [1.165, 1.54) is 38.5 Å². The number of aliphatic hydroxyl groups excluding tert-OH is 3. The minimum absolute atomic E-state index is 0.0568. The van der Waals surface area contributed by atoms with Gasteiger partial charge in [0.15, 0.2) is 6.10 Å². The third kappa shape index (κ3) is 39.7. The predicted octanol–water partition coefficient (Wildman–Crippen LogP) is 10.2. The highest BCUT2D eigenvalue weighted by Crippen LogP contribution is 2.43. The van der Waals surface area contributed by atoms with E-state index in [9.17, 15) is 29.3 Å². The molecule has 0 aliphatic rings. The largest absolute Gasteiger partial charge is 0.472 e. The fraction of sp³-hybridized carbons (Fsp3) is 0.609. The molecule has 0 fully saturated rings. The first-order valence-electron chi connectivity index (χ1n) is 21.3. The van der Waals surface area contributed by atoms with Crippen LogP contribution in [-0.4, -0.2) is 76.9 Å². The van der Waals surface area contributed by atoms with E-state index in [-0.39, 0.29) is 19.4 Å². The Hall–Kier alpha value is -3.15. The van der Waals surface area contributed by atoms with Crippen LogP contribution >= 0.6 is 7.82 Å². The number of aliphatic hydroxyl groups is 3. The summed E-state index contributed by atoms with van der Waals surface area (Å²) in [6.07, 6.45) is 45.5. The van der Waals surface area contributed by atoms with Crippen molar-refractivity contribution in [1.29, 1.82) is 0 Å². The van der Waals surface area contributed by atoms with Crippen molar-refractivity contribution in [2.24, 2.45) is 0 Å². The first kappa shape index (κ1) is 54.9. The first-order valence-corrected chi connectivity index (χ1v) is 22.8. The van der Waals surface area contributed by atoms with Gasteiger partial charge in [0.25, 0.3) is 0 Å². The van der Waals surface area contributed by atoms with E-state index in [4.69, 9.17) is 19.1 Å². The van der Waals surface area contributed by atoms with Crippen molar-refractivity contribution in [2.75, 3.05) is 26.4 Å². The molecule has 4 N–H and O–H groups in total. The SMILES string of the molecule is CCCCC/C=C\C=C/[C@H](O)C/C=C\C/C=C/CCCC(=O)O[C@H](COC(=O)CCC/C=C\C/C=C\C/C=C\C/C=C\CCCCC)COP(=O)(O)OC[C@@H](O)CO. The zero-order valence-corrected chi connectivity index (χ0v) is 36.2. The fourth-order valence-corrected chi connectivity index (χ4v) is 5.73. The number of esters is 2. The van der Waals surface area contributed by atoms with Crippen LogP contribution in [-0.2, 0) is 32.7 Å². The number of rotatable bonds is 38.